The van der Waals surface area contributed by atoms with E-state index in [2.05, 4.69) is 29.9 Å². The Hall–Kier alpha value is -5.24. The highest BCUT2D eigenvalue weighted by atomic mass is 32.2. The van der Waals surface area contributed by atoms with E-state index in [1.807, 2.05) is 0 Å². The molecule has 0 aliphatic heterocycles. The summed E-state index contributed by atoms with van der Waals surface area (Å²) in [4.78, 5) is 23.1. The second-order valence-electron chi connectivity index (χ2n) is 12.0. The lowest BCUT2D eigenvalue weighted by molar-refractivity contribution is -0.154. The molecule has 0 saturated heterocycles. The first-order valence-electron chi connectivity index (χ1n) is 16.4. The van der Waals surface area contributed by atoms with E-state index in [1.54, 1.807) is 50.2 Å². The van der Waals surface area contributed by atoms with E-state index in [-0.39, 0.29) is 33.3 Å². The van der Waals surface area contributed by atoms with Crippen LogP contribution in [0.2, 0.25) is 0 Å². The Morgan fingerprint density at radius 1 is 0.618 bits per heavy atom. The maximum Gasteiger partial charge on any atom is 0.422 e. The van der Waals surface area contributed by atoms with E-state index >= 15 is 0 Å². The highest BCUT2D eigenvalue weighted by Crippen LogP contribution is 2.28. The summed E-state index contributed by atoms with van der Waals surface area (Å²) in [5, 5.41) is 0.345. The number of fused-ring (bicyclic) bond motifs is 2. The van der Waals surface area contributed by atoms with Gasteiger partial charge in [-0.2, -0.15) is 26.3 Å². The van der Waals surface area contributed by atoms with Crippen molar-refractivity contribution in [3.8, 4) is 23.0 Å². The lowest BCUT2D eigenvalue weighted by atomic mass is 10.2. The molecule has 4 aromatic heterocycles. The number of benzene rings is 2. The monoisotopic (exact) mass is 810 g/mol. The molecule has 0 spiro atoms. The second-order valence-corrected chi connectivity index (χ2v) is 14.8. The summed E-state index contributed by atoms with van der Waals surface area (Å²) in [5.41, 5.74) is 3.59. The Morgan fingerprint density at radius 3 is 1.44 bits per heavy atom. The van der Waals surface area contributed by atoms with Crippen LogP contribution in [0.5, 0.6) is 23.0 Å². The largest absolute Gasteiger partial charge is 0.493 e. The van der Waals surface area contributed by atoms with E-state index in [4.69, 9.17) is 18.9 Å². The van der Waals surface area contributed by atoms with Crippen LogP contribution in [-0.2, 0) is 33.1 Å². The zero-order valence-corrected chi connectivity index (χ0v) is 30.7. The summed E-state index contributed by atoms with van der Waals surface area (Å²) in [5.74, 6) is 0.906. The first-order chi connectivity index (χ1) is 26.1. The Labute approximate surface area is 313 Å². The minimum absolute atomic E-state index is 0.00905. The van der Waals surface area contributed by atoms with Crippen molar-refractivity contribution < 1.29 is 53.7 Å². The summed E-state index contributed by atoms with van der Waals surface area (Å²) in [6, 6.07) is 12.9. The highest BCUT2D eigenvalue weighted by Gasteiger charge is 2.30. The summed E-state index contributed by atoms with van der Waals surface area (Å²) in [7, 11) is -3.37. The number of alkyl halides is 6. The van der Waals surface area contributed by atoms with Crippen molar-refractivity contribution in [2.24, 2.45) is 0 Å². The fourth-order valence-electron chi connectivity index (χ4n) is 5.19. The molecule has 6 rings (SSSR count). The van der Waals surface area contributed by atoms with E-state index in [0.29, 0.717) is 75.7 Å². The molecular weight excluding hydrogens is 779 g/mol. The Balaban J connectivity index is 0.983. The van der Waals surface area contributed by atoms with Gasteiger partial charge in [-0.1, -0.05) is 0 Å². The first kappa shape index (κ1) is 39.5. The number of hydrogen-bond donors (Lipinski definition) is 2. The van der Waals surface area contributed by atoms with Crippen LogP contribution in [0.4, 0.5) is 26.3 Å². The molecule has 0 radical (unpaired) electrons. The number of pyridine rings is 2. The van der Waals surface area contributed by atoms with Gasteiger partial charge in [-0.15, -0.1) is 0 Å². The topological polar surface area (TPSA) is 154 Å². The normalized spacial score (nSPS) is 13.2. The number of nitrogens with zero attached hydrogens (tertiary/aromatic N) is 4. The number of H-pyrrole nitrogens is 2. The van der Waals surface area contributed by atoms with Crippen LogP contribution in [0, 0.1) is 13.8 Å². The predicted molar refractivity (Wildman–Crippen MR) is 189 cm³/mol. The van der Waals surface area contributed by atoms with Crippen LogP contribution in [0.1, 0.15) is 28.9 Å². The van der Waals surface area contributed by atoms with Gasteiger partial charge in [0.25, 0.3) is 0 Å². The fraction of sp³-hybridized carbons (Fsp3) is 0.314. The SMILES string of the molecule is Cc1c(OCC(F)(F)F)ccnc1CS(=O)c1nc2ccc(OCCCOc3ccc4nc(S(=O)Cc5nccc(OCC(F)(F)F)c5C)[nH]c4c3)cc2[nH]1. The molecule has 4 heterocycles. The molecule has 292 valence electrons. The summed E-state index contributed by atoms with van der Waals surface area (Å²) < 4.78 is 123. The van der Waals surface area contributed by atoms with Crippen LogP contribution in [0.15, 0.2) is 71.2 Å². The van der Waals surface area contributed by atoms with E-state index in [1.165, 1.54) is 24.5 Å². The van der Waals surface area contributed by atoms with E-state index in [9.17, 15) is 34.8 Å². The maximum atomic E-state index is 13.1. The van der Waals surface area contributed by atoms with Gasteiger partial charge in [0.05, 0.1) is 79.8 Å². The lowest BCUT2D eigenvalue weighted by Gasteiger charge is -2.13. The van der Waals surface area contributed by atoms with Gasteiger partial charge < -0.3 is 28.9 Å². The Kier molecular flexibility index (Phi) is 11.9. The molecule has 0 saturated carbocycles. The van der Waals surface area contributed by atoms with E-state index < -0.39 is 47.2 Å². The van der Waals surface area contributed by atoms with Gasteiger partial charge in [-0.05, 0) is 50.2 Å². The minimum atomic E-state index is -4.50. The van der Waals surface area contributed by atoms with Crippen molar-refractivity contribution in [1.29, 1.82) is 0 Å². The molecular formula is C35H32F6N6O6S2. The number of halogens is 6. The third kappa shape index (κ3) is 10.5. The molecule has 12 nitrogen and oxygen atoms in total. The Bertz CT molecular complexity index is 2190. The molecule has 0 aliphatic rings. The molecule has 0 aliphatic carbocycles. The van der Waals surface area contributed by atoms with Crippen LogP contribution in [-0.4, -0.2) is 77.1 Å². The molecule has 2 atom stereocenters. The van der Waals surface area contributed by atoms with Crippen molar-refractivity contribution in [2.45, 2.75) is 54.4 Å². The predicted octanol–water partition coefficient (Wildman–Crippen LogP) is 7.19. The van der Waals surface area contributed by atoms with Crippen molar-refractivity contribution in [2.75, 3.05) is 26.4 Å². The van der Waals surface area contributed by atoms with Gasteiger partial charge in [-0.25, -0.2) is 9.97 Å². The van der Waals surface area contributed by atoms with Crippen LogP contribution >= 0.6 is 0 Å². The molecule has 2 N–H and O–H groups in total. The molecule has 6 aromatic rings. The number of hydrogen-bond acceptors (Lipinski definition) is 10. The number of nitrogens with one attached hydrogen (secondary N) is 2. The number of rotatable bonds is 16. The van der Waals surface area contributed by atoms with Gasteiger partial charge in [-0.3, -0.25) is 18.4 Å². The quantitative estimate of drug-likeness (QED) is 0.0759. The smallest absolute Gasteiger partial charge is 0.422 e. The third-order valence-electron chi connectivity index (χ3n) is 7.96. The summed E-state index contributed by atoms with van der Waals surface area (Å²) in [6.07, 6.45) is -5.88. The van der Waals surface area contributed by atoms with Gasteiger partial charge in [0.2, 0.25) is 0 Å². The Morgan fingerprint density at radius 2 is 1.04 bits per heavy atom. The average molecular weight is 811 g/mol. The molecule has 0 bridgehead atoms. The first-order valence-corrected chi connectivity index (χ1v) is 19.1. The second kappa shape index (κ2) is 16.6. The van der Waals surface area contributed by atoms with Crippen molar-refractivity contribution in [1.82, 2.24) is 29.9 Å². The number of ether oxygens (including phenoxy) is 4. The number of imidazole rings is 2. The van der Waals surface area contributed by atoms with E-state index in [0.717, 1.165) is 0 Å². The highest BCUT2D eigenvalue weighted by molar-refractivity contribution is 7.84. The van der Waals surface area contributed by atoms with Gasteiger partial charge in [0.1, 0.15) is 23.0 Å². The van der Waals surface area contributed by atoms with Crippen molar-refractivity contribution in [3.05, 3.63) is 83.4 Å². The van der Waals surface area contributed by atoms with Crippen LogP contribution in [0.25, 0.3) is 22.1 Å². The molecule has 55 heavy (non-hydrogen) atoms. The van der Waals surface area contributed by atoms with Crippen molar-refractivity contribution in [3.63, 3.8) is 0 Å². The van der Waals surface area contributed by atoms with Gasteiger partial charge in [0.15, 0.2) is 23.5 Å². The molecule has 20 heteroatoms. The van der Waals surface area contributed by atoms with Crippen molar-refractivity contribution >= 4 is 43.7 Å². The third-order valence-corrected chi connectivity index (χ3v) is 10.3. The average Bonchev–Trinajstić information content (AvgIpc) is 3.76. The maximum absolute atomic E-state index is 13.1. The molecule has 2 unspecified atom stereocenters. The summed E-state index contributed by atoms with van der Waals surface area (Å²) >= 11 is 0. The van der Waals surface area contributed by atoms with Crippen LogP contribution in [0.3, 0.4) is 0 Å². The summed E-state index contributed by atoms with van der Waals surface area (Å²) in [6.45, 7) is 0.818. The standard InChI is InChI=1S/C35H32F6N6O6S2/c1-20-28(42-10-8-30(20)52-18-34(36,37)38)16-54(48)32-44-24-6-4-22(14-26(24)46-32)50-12-3-13-51-23-5-7-25-27(15-23)47-33(45-25)55(49)17-29-21(2)31(9-11-43-29)53-19-35(39,40)41/h4-11,14-15H,3,12-13,16-19H2,1-2H3,(H,44,46)(H,45,47). The zero-order chi connectivity index (χ0) is 39.3. The number of aromatic nitrogens is 6. The molecule has 2 aromatic carbocycles. The lowest BCUT2D eigenvalue weighted by Crippen LogP contribution is -2.20. The fourth-order valence-corrected chi connectivity index (χ4v) is 7.39. The molecule has 0 amide bonds. The van der Waals surface area contributed by atoms with Gasteiger partial charge >= 0.3 is 12.4 Å². The minimum Gasteiger partial charge on any atom is -0.493 e. The molecule has 0 fully saturated rings. The van der Waals surface area contributed by atoms with Crippen LogP contribution < -0.4 is 18.9 Å². The van der Waals surface area contributed by atoms with Gasteiger partial charge in [0, 0.05) is 42.1 Å². The number of aromatic amines is 2. The zero-order valence-electron chi connectivity index (χ0n) is 29.0.